The molecule has 4 nitrogen and oxygen atoms in total. The number of hydrogen-bond acceptors (Lipinski definition) is 4. The minimum atomic E-state index is -0.226. The van der Waals surface area contributed by atoms with E-state index in [1.807, 2.05) is 0 Å². The van der Waals surface area contributed by atoms with Crippen LogP contribution in [0.5, 0.6) is 0 Å². The van der Waals surface area contributed by atoms with E-state index < -0.39 is 0 Å². The van der Waals surface area contributed by atoms with E-state index in [1.54, 1.807) is 0 Å². The Hall–Kier alpha value is -0.420. The van der Waals surface area contributed by atoms with E-state index in [4.69, 9.17) is 4.74 Å². The van der Waals surface area contributed by atoms with Crippen molar-refractivity contribution in [3.05, 3.63) is 12.2 Å². The lowest BCUT2D eigenvalue weighted by Crippen LogP contribution is -2.55. The van der Waals surface area contributed by atoms with Gasteiger partial charge in [-0.3, -0.25) is 4.90 Å². The predicted molar refractivity (Wildman–Crippen MR) is 107 cm³/mol. The van der Waals surface area contributed by atoms with Gasteiger partial charge < -0.3 is 14.9 Å². The van der Waals surface area contributed by atoms with Crippen molar-refractivity contribution in [2.75, 3.05) is 32.8 Å². The molecule has 0 spiro atoms. The number of nitrogens with zero attached hydrogens (tertiary/aromatic N) is 1. The van der Waals surface area contributed by atoms with Crippen molar-refractivity contribution in [1.82, 2.24) is 4.90 Å². The average molecular weight is 378 g/mol. The summed E-state index contributed by atoms with van der Waals surface area (Å²) in [4.78, 5) is 2.52. The van der Waals surface area contributed by atoms with Gasteiger partial charge in [-0.1, -0.05) is 26.0 Å². The van der Waals surface area contributed by atoms with Crippen LogP contribution in [0, 0.1) is 28.6 Å². The number of aliphatic hydroxyl groups excluding tert-OH is 2. The predicted octanol–water partition coefficient (Wildman–Crippen LogP) is 3.23. The Bertz CT molecular complexity index is 560. The molecule has 3 aliphatic carbocycles. The van der Waals surface area contributed by atoms with Crippen molar-refractivity contribution in [3.63, 3.8) is 0 Å². The molecule has 154 valence electrons. The second-order valence-corrected chi connectivity index (χ2v) is 10.3. The zero-order valence-corrected chi connectivity index (χ0v) is 17.3. The van der Waals surface area contributed by atoms with Gasteiger partial charge in [-0.15, -0.1) is 0 Å². The highest BCUT2D eigenvalue weighted by atomic mass is 16.5. The van der Waals surface area contributed by atoms with E-state index in [0.717, 1.165) is 71.4 Å². The highest BCUT2D eigenvalue weighted by Gasteiger charge is 2.56. The molecule has 1 aliphatic heterocycles. The quantitative estimate of drug-likeness (QED) is 0.742. The molecule has 7 unspecified atom stereocenters. The van der Waals surface area contributed by atoms with Crippen LogP contribution >= 0.6 is 0 Å². The van der Waals surface area contributed by atoms with Crippen molar-refractivity contribution >= 4 is 0 Å². The molecule has 4 heteroatoms. The molecule has 1 saturated heterocycles. The van der Waals surface area contributed by atoms with Gasteiger partial charge in [-0.2, -0.15) is 0 Å². The Morgan fingerprint density at radius 2 is 1.81 bits per heavy atom. The summed E-state index contributed by atoms with van der Waals surface area (Å²) in [6, 6.07) is 0. The van der Waals surface area contributed by atoms with E-state index in [9.17, 15) is 10.2 Å². The number of allylic oxidation sites excluding steroid dienone is 1. The second kappa shape index (κ2) is 7.44. The molecular weight excluding hydrogens is 338 g/mol. The van der Waals surface area contributed by atoms with E-state index in [1.165, 1.54) is 12.0 Å². The Morgan fingerprint density at radius 3 is 2.56 bits per heavy atom. The summed E-state index contributed by atoms with van der Waals surface area (Å²) in [5, 5.41) is 21.9. The van der Waals surface area contributed by atoms with E-state index >= 15 is 0 Å². The maximum Gasteiger partial charge on any atom is 0.0610 e. The first-order valence-electron chi connectivity index (χ1n) is 11.2. The SMILES string of the molecule is C=C1CCC2C(O)C(C3(C)CCC(O)CC3CN3CCOCC3)CCC12C. The summed E-state index contributed by atoms with van der Waals surface area (Å²) in [6.07, 6.45) is 6.84. The van der Waals surface area contributed by atoms with Gasteiger partial charge in [0.1, 0.15) is 0 Å². The largest absolute Gasteiger partial charge is 0.393 e. The molecule has 3 saturated carbocycles. The third kappa shape index (κ3) is 3.41. The maximum absolute atomic E-state index is 11.5. The lowest BCUT2D eigenvalue weighted by molar-refractivity contribution is -0.125. The molecule has 0 amide bonds. The highest BCUT2D eigenvalue weighted by molar-refractivity contribution is 5.21. The Labute approximate surface area is 165 Å². The minimum Gasteiger partial charge on any atom is -0.393 e. The molecule has 0 bridgehead atoms. The number of aliphatic hydroxyl groups is 2. The Morgan fingerprint density at radius 1 is 1.07 bits per heavy atom. The van der Waals surface area contributed by atoms with Crippen LogP contribution in [0.2, 0.25) is 0 Å². The first-order chi connectivity index (χ1) is 12.8. The number of hydrogen-bond donors (Lipinski definition) is 2. The van der Waals surface area contributed by atoms with Gasteiger partial charge in [0.25, 0.3) is 0 Å². The van der Waals surface area contributed by atoms with Crippen LogP contribution in [0.4, 0.5) is 0 Å². The van der Waals surface area contributed by atoms with Crippen LogP contribution in [0.25, 0.3) is 0 Å². The maximum atomic E-state index is 11.5. The van der Waals surface area contributed by atoms with E-state index in [-0.39, 0.29) is 23.0 Å². The standard InChI is InChI=1S/C23H39NO3/c1-16-4-5-19-21(26)20(7-9-22(16,19)2)23(3)8-6-18(25)14-17(23)15-24-10-12-27-13-11-24/h17-21,25-26H,1,4-15H2,2-3H3. The summed E-state index contributed by atoms with van der Waals surface area (Å²) in [5.41, 5.74) is 1.61. The molecule has 4 aliphatic rings. The van der Waals surface area contributed by atoms with Crippen LogP contribution in [-0.4, -0.2) is 60.2 Å². The molecule has 27 heavy (non-hydrogen) atoms. The zero-order valence-electron chi connectivity index (χ0n) is 17.3. The van der Waals surface area contributed by atoms with Gasteiger partial charge >= 0.3 is 0 Å². The highest BCUT2D eigenvalue weighted by Crippen LogP contribution is 2.61. The first-order valence-corrected chi connectivity index (χ1v) is 11.2. The van der Waals surface area contributed by atoms with E-state index in [0.29, 0.717) is 17.8 Å². The van der Waals surface area contributed by atoms with Gasteiger partial charge in [0.2, 0.25) is 0 Å². The molecule has 4 fully saturated rings. The van der Waals surface area contributed by atoms with Gasteiger partial charge in [0, 0.05) is 19.6 Å². The molecule has 7 atom stereocenters. The molecule has 0 aromatic heterocycles. The smallest absolute Gasteiger partial charge is 0.0610 e. The monoisotopic (exact) mass is 377 g/mol. The minimum absolute atomic E-state index is 0.113. The first kappa shape index (κ1) is 19.9. The Kier molecular flexibility index (Phi) is 5.48. The van der Waals surface area contributed by atoms with Crippen LogP contribution < -0.4 is 0 Å². The van der Waals surface area contributed by atoms with Crippen molar-refractivity contribution in [2.24, 2.45) is 28.6 Å². The van der Waals surface area contributed by atoms with Crippen molar-refractivity contribution in [3.8, 4) is 0 Å². The third-order valence-corrected chi connectivity index (χ3v) is 9.12. The van der Waals surface area contributed by atoms with Gasteiger partial charge in [0.05, 0.1) is 25.4 Å². The lowest BCUT2D eigenvalue weighted by Gasteiger charge is -2.56. The normalized spacial score (nSPS) is 49.2. The molecule has 2 N–H and O–H groups in total. The summed E-state index contributed by atoms with van der Waals surface area (Å²) < 4.78 is 5.52. The summed E-state index contributed by atoms with van der Waals surface area (Å²) >= 11 is 0. The fraction of sp³-hybridized carbons (Fsp3) is 0.913. The fourth-order valence-electron chi connectivity index (χ4n) is 7.00. The molecule has 0 radical (unpaired) electrons. The number of morpholine rings is 1. The van der Waals surface area contributed by atoms with Crippen LogP contribution in [0.15, 0.2) is 12.2 Å². The zero-order chi connectivity index (χ0) is 19.2. The molecule has 1 heterocycles. The van der Waals surface area contributed by atoms with Crippen molar-refractivity contribution in [1.29, 1.82) is 0 Å². The lowest BCUT2D eigenvalue weighted by atomic mass is 9.52. The number of ether oxygens (including phenoxy) is 1. The molecule has 0 aromatic rings. The third-order valence-electron chi connectivity index (χ3n) is 9.12. The summed E-state index contributed by atoms with van der Waals surface area (Å²) in [5.74, 6) is 1.17. The van der Waals surface area contributed by atoms with Crippen molar-refractivity contribution in [2.45, 2.75) is 71.0 Å². The number of fused-ring (bicyclic) bond motifs is 1. The molecule has 0 aromatic carbocycles. The van der Waals surface area contributed by atoms with Crippen LogP contribution in [0.1, 0.15) is 58.8 Å². The second-order valence-electron chi connectivity index (χ2n) is 10.3. The van der Waals surface area contributed by atoms with Crippen LogP contribution in [0.3, 0.4) is 0 Å². The molecular formula is C23H39NO3. The number of rotatable bonds is 3. The van der Waals surface area contributed by atoms with Crippen LogP contribution in [-0.2, 0) is 4.74 Å². The van der Waals surface area contributed by atoms with E-state index in [2.05, 4.69) is 25.3 Å². The summed E-state index contributed by atoms with van der Waals surface area (Å²) in [6.45, 7) is 13.8. The molecule has 4 rings (SSSR count). The fourth-order valence-corrected chi connectivity index (χ4v) is 7.00. The van der Waals surface area contributed by atoms with Crippen molar-refractivity contribution < 1.29 is 14.9 Å². The Balaban J connectivity index is 1.54. The average Bonchev–Trinajstić information content (AvgIpc) is 2.95. The van der Waals surface area contributed by atoms with Gasteiger partial charge in [-0.05, 0) is 73.5 Å². The summed E-state index contributed by atoms with van der Waals surface area (Å²) in [7, 11) is 0. The van der Waals surface area contributed by atoms with Gasteiger partial charge in [0.15, 0.2) is 0 Å². The van der Waals surface area contributed by atoms with Gasteiger partial charge in [-0.25, -0.2) is 0 Å². The topological polar surface area (TPSA) is 52.9 Å².